The van der Waals surface area contributed by atoms with E-state index in [1.807, 2.05) is 29.7 Å². The first-order valence-electron chi connectivity index (χ1n) is 2.97. The van der Waals surface area contributed by atoms with Crippen molar-refractivity contribution in [3.63, 3.8) is 0 Å². The summed E-state index contributed by atoms with van der Waals surface area (Å²) in [6.45, 7) is 0. The number of aromatic nitrogens is 2. The molecule has 1 fully saturated rings. The van der Waals surface area contributed by atoms with Crippen LogP contribution in [0.25, 0.3) is 0 Å². The van der Waals surface area contributed by atoms with Gasteiger partial charge in [0.2, 0.25) is 0 Å². The lowest BCUT2D eigenvalue weighted by Crippen LogP contribution is -1.85. The Morgan fingerprint density at radius 3 is 3.30 bits per heavy atom. The van der Waals surface area contributed by atoms with Crippen LogP contribution in [-0.2, 0) is 0 Å². The highest BCUT2D eigenvalue weighted by Gasteiger charge is 2.22. The molecule has 0 aromatic carbocycles. The Balaban J connectivity index is 1.79. The highest BCUT2D eigenvalue weighted by atomic mass is 32.2. The van der Waals surface area contributed by atoms with Crippen LogP contribution in [0.3, 0.4) is 0 Å². The minimum Gasteiger partial charge on any atom is -0.180 e. The van der Waals surface area contributed by atoms with Crippen LogP contribution in [0.2, 0.25) is 0 Å². The summed E-state index contributed by atoms with van der Waals surface area (Å²) in [6, 6.07) is 0. The van der Waals surface area contributed by atoms with Gasteiger partial charge in [-0.05, 0) is 0 Å². The zero-order chi connectivity index (χ0) is 6.81. The number of thioether (sulfide) groups is 2. The van der Waals surface area contributed by atoms with Gasteiger partial charge in [-0.2, -0.15) is 20.5 Å². The third kappa shape index (κ3) is 1.87. The highest BCUT2D eigenvalue weighted by Crippen LogP contribution is 2.34. The van der Waals surface area contributed by atoms with Crippen LogP contribution in [0, 0.1) is 0 Å². The number of hydrogen-bond donors (Lipinski definition) is 0. The highest BCUT2D eigenvalue weighted by molar-refractivity contribution is 8.08. The van der Waals surface area contributed by atoms with E-state index in [4.69, 9.17) is 0 Å². The molecule has 1 unspecified atom stereocenters. The van der Waals surface area contributed by atoms with E-state index in [0.29, 0.717) is 0 Å². The van der Waals surface area contributed by atoms with E-state index in [2.05, 4.69) is 8.75 Å². The Bertz CT molecular complexity index is 195. The SMILES string of the molecule is c1nsnc1SCC1CS1. The first-order valence-corrected chi connectivity index (χ1v) is 5.73. The van der Waals surface area contributed by atoms with E-state index in [1.54, 1.807) is 0 Å². The van der Waals surface area contributed by atoms with Crippen molar-refractivity contribution in [1.29, 1.82) is 0 Å². The van der Waals surface area contributed by atoms with Crippen LogP contribution in [0.15, 0.2) is 11.2 Å². The van der Waals surface area contributed by atoms with E-state index in [-0.39, 0.29) is 0 Å². The van der Waals surface area contributed by atoms with E-state index >= 15 is 0 Å². The molecule has 0 amide bonds. The summed E-state index contributed by atoms with van der Waals surface area (Å²) in [5.74, 6) is 2.54. The van der Waals surface area contributed by atoms with Gasteiger partial charge in [-0.3, -0.25) is 0 Å². The zero-order valence-electron chi connectivity index (χ0n) is 5.19. The third-order valence-electron chi connectivity index (χ3n) is 1.16. The maximum absolute atomic E-state index is 4.10. The maximum Gasteiger partial charge on any atom is 0.130 e. The van der Waals surface area contributed by atoms with Gasteiger partial charge in [0.25, 0.3) is 0 Å². The molecule has 0 spiro atoms. The molecule has 1 aliphatic heterocycles. The van der Waals surface area contributed by atoms with Crippen molar-refractivity contribution in [2.45, 2.75) is 10.3 Å². The molecule has 1 aromatic heterocycles. The topological polar surface area (TPSA) is 25.8 Å². The van der Waals surface area contributed by atoms with Crippen molar-refractivity contribution < 1.29 is 0 Å². The standard InChI is InChI=1S/C5H6N2S3/c1-5(7-10-6-1)9-3-4-2-8-4/h1,4H,2-3H2. The van der Waals surface area contributed by atoms with Gasteiger partial charge >= 0.3 is 0 Å². The van der Waals surface area contributed by atoms with Crippen molar-refractivity contribution in [3.8, 4) is 0 Å². The molecule has 0 bridgehead atoms. The predicted octanol–water partition coefficient (Wildman–Crippen LogP) is 1.75. The molecule has 0 aliphatic carbocycles. The molecule has 5 heteroatoms. The molecule has 1 saturated heterocycles. The van der Waals surface area contributed by atoms with Crippen LogP contribution in [0.5, 0.6) is 0 Å². The van der Waals surface area contributed by atoms with Crippen LogP contribution >= 0.6 is 35.3 Å². The van der Waals surface area contributed by atoms with Crippen LogP contribution in [0.4, 0.5) is 0 Å². The van der Waals surface area contributed by atoms with Crippen molar-refractivity contribution in [2.24, 2.45) is 0 Å². The monoisotopic (exact) mass is 190 g/mol. The van der Waals surface area contributed by atoms with Crippen molar-refractivity contribution in [2.75, 3.05) is 11.5 Å². The average molecular weight is 190 g/mol. The second kappa shape index (κ2) is 3.11. The molecule has 1 aliphatic rings. The quantitative estimate of drug-likeness (QED) is 0.535. The van der Waals surface area contributed by atoms with E-state index in [9.17, 15) is 0 Å². The Kier molecular flexibility index (Phi) is 2.16. The number of nitrogens with zero attached hydrogens (tertiary/aromatic N) is 2. The van der Waals surface area contributed by atoms with Gasteiger partial charge in [0.1, 0.15) is 5.03 Å². The first kappa shape index (κ1) is 6.94. The molecule has 1 aromatic rings. The summed E-state index contributed by atoms with van der Waals surface area (Å²) < 4.78 is 8.02. The van der Waals surface area contributed by atoms with Gasteiger partial charge in [-0.15, -0.1) is 11.8 Å². The molecular weight excluding hydrogens is 184 g/mol. The fraction of sp³-hybridized carbons (Fsp3) is 0.600. The van der Waals surface area contributed by atoms with Crippen molar-refractivity contribution >= 4 is 35.3 Å². The largest absolute Gasteiger partial charge is 0.180 e. The van der Waals surface area contributed by atoms with Crippen LogP contribution in [0.1, 0.15) is 0 Å². The van der Waals surface area contributed by atoms with Gasteiger partial charge in [0.05, 0.1) is 17.9 Å². The Hall–Kier alpha value is 0.260. The second-order valence-electron chi connectivity index (χ2n) is 2.01. The predicted molar refractivity (Wildman–Crippen MR) is 46.9 cm³/mol. The van der Waals surface area contributed by atoms with Gasteiger partial charge < -0.3 is 0 Å². The van der Waals surface area contributed by atoms with Gasteiger partial charge in [0.15, 0.2) is 0 Å². The van der Waals surface area contributed by atoms with Gasteiger partial charge in [-0.1, -0.05) is 0 Å². The molecule has 0 saturated carbocycles. The number of rotatable bonds is 3. The minimum absolute atomic E-state index is 0.895. The summed E-state index contributed by atoms with van der Waals surface area (Å²) in [6.07, 6.45) is 1.84. The maximum atomic E-state index is 4.10. The normalized spacial score (nSPS) is 23.0. The summed E-state index contributed by atoms with van der Waals surface area (Å²) in [7, 11) is 0. The third-order valence-corrected chi connectivity index (χ3v) is 4.00. The fourth-order valence-corrected chi connectivity index (χ4v) is 2.86. The van der Waals surface area contributed by atoms with Crippen LogP contribution in [-0.4, -0.2) is 25.5 Å². The number of hydrogen-bond acceptors (Lipinski definition) is 5. The molecule has 0 radical (unpaired) electrons. The lowest BCUT2D eigenvalue weighted by molar-refractivity contribution is 1.22. The minimum atomic E-state index is 0.895. The van der Waals surface area contributed by atoms with Gasteiger partial charge in [0, 0.05) is 16.8 Å². The van der Waals surface area contributed by atoms with Crippen LogP contribution < -0.4 is 0 Å². The molecule has 2 heterocycles. The molecular formula is C5H6N2S3. The summed E-state index contributed by atoms with van der Waals surface area (Å²) in [5, 5.41) is 1.98. The lowest BCUT2D eigenvalue weighted by atomic mass is 10.6. The molecule has 10 heavy (non-hydrogen) atoms. The molecule has 2 nitrogen and oxygen atoms in total. The Morgan fingerprint density at radius 2 is 2.70 bits per heavy atom. The first-order chi connectivity index (χ1) is 4.95. The fourth-order valence-electron chi connectivity index (χ4n) is 0.562. The lowest BCUT2D eigenvalue weighted by Gasteiger charge is -1.89. The second-order valence-corrected chi connectivity index (χ2v) is 4.94. The Morgan fingerprint density at radius 1 is 1.80 bits per heavy atom. The summed E-state index contributed by atoms with van der Waals surface area (Å²) >= 11 is 5.12. The molecule has 54 valence electrons. The van der Waals surface area contributed by atoms with E-state index in [1.165, 1.54) is 23.2 Å². The van der Waals surface area contributed by atoms with E-state index in [0.717, 1.165) is 10.3 Å². The molecule has 0 N–H and O–H groups in total. The van der Waals surface area contributed by atoms with Gasteiger partial charge in [-0.25, -0.2) is 0 Å². The smallest absolute Gasteiger partial charge is 0.130 e. The van der Waals surface area contributed by atoms with Crippen molar-refractivity contribution in [3.05, 3.63) is 6.20 Å². The zero-order valence-corrected chi connectivity index (χ0v) is 7.64. The summed E-state index contributed by atoms with van der Waals surface area (Å²) in [5.41, 5.74) is 0. The summed E-state index contributed by atoms with van der Waals surface area (Å²) in [4.78, 5) is 0. The molecule has 1 atom stereocenters. The van der Waals surface area contributed by atoms with E-state index < -0.39 is 0 Å². The molecule has 2 rings (SSSR count). The Labute approximate surface area is 72.1 Å². The van der Waals surface area contributed by atoms with Crippen molar-refractivity contribution in [1.82, 2.24) is 8.75 Å². The average Bonchev–Trinajstić information content (AvgIpc) is 2.63.